The van der Waals surface area contributed by atoms with E-state index in [0.717, 1.165) is 28.9 Å². The average Bonchev–Trinajstić information content (AvgIpc) is 3.43. The topological polar surface area (TPSA) is 65.0 Å². The number of carboxylic acid groups (broad SMARTS) is 1. The fourth-order valence-electron chi connectivity index (χ4n) is 3.65. The molecule has 0 unspecified atom stereocenters. The van der Waals surface area contributed by atoms with Gasteiger partial charge in [0, 0.05) is 10.4 Å². The predicted molar refractivity (Wildman–Crippen MR) is 140 cm³/mol. The van der Waals surface area contributed by atoms with Crippen LogP contribution in [0.15, 0.2) is 84.3 Å². The Labute approximate surface area is 208 Å². The summed E-state index contributed by atoms with van der Waals surface area (Å²) in [7, 11) is 3.30. The highest BCUT2D eigenvalue weighted by molar-refractivity contribution is 7.13. The molecule has 0 saturated heterocycles. The number of thiophene rings is 1. The molecule has 1 N–H and O–H groups in total. The monoisotopic (exact) mass is 486 g/mol. The lowest BCUT2D eigenvalue weighted by molar-refractivity contribution is 0.0697. The Kier molecular flexibility index (Phi) is 7.85. The van der Waals surface area contributed by atoms with Crippen molar-refractivity contribution in [1.82, 2.24) is 0 Å². The van der Waals surface area contributed by atoms with Crippen molar-refractivity contribution < 1.29 is 24.1 Å². The third-order valence-electron chi connectivity index (χ3n) is 5.51. The van der Waals surface area contributed by atoms with E-state index in [2.05, 4.69) is 41.8 Å². The number of methoxy groups -OCH3 is 2. The van der Waals surface area contributed by atoms with E-state index in [1.165, 1.54) is 10.4 Å². The minimum atomic E-state index is -0.947. The Morgan fingerprint density at radius 2 is 1.63 bits per heavy atom. The van der Waals surface area contributed by atoms with Gasteiger partial charge >= 0.3 is 5.97 Å². The number of hydrogen-bond donors (Lipinski definition) is 1. The Morgan fingerprint density at radius 1 is 0.886 bits per heavy atom. The molecule has 0 spiro atoms. The Balaban J connectivity index is 1.43. The number of benzene rings is 3. The van der Waals surface area contributed by atoms with Crippen LogP contribution in [0.2, 0.25) is 0 Å². The molecule has 0 fully saturated rings. The van der Waals surface area contributed by atoms with Gasteiger partial charge in [0.25, 0.3) is 0 Å². The van der Waals surface area contributed by atoms with E-state index in [-0.39, 0.29) is 5.56 Å². The summed E-state index contributed by atoms with van der Waals surface area (Å²) < 4.78 is 17.0. The summed E-state index contributed by atoms with van der Waals surface area (Å²) in [6.45, 7) is 0.315. The molecule has 0 aliphatic heterocycles. The average molecular weight is 487 g/mol. The standard InChI is InChI=1S/C29H26O5S/c1-32-25-15-13-24(28-7-4-16-35-28)18-23(25)6-3-5-20-10-14-26(27(17-20)33-2)34-19-21-8-11-22(12-9-21)29(30)31/h3-4,6-18H,5,19H2,1-2H3,(H,30,31). The van der Waals surface area contributed by atoms with Gasteiger partial charge in [-0.3, -0.25) is 0 Å². The van der Waals surface area contributed by atoms with E-state index >= 15 is 0 Å². The maximum atomic E-state index is 11.0. The fraction of sp³-hybridized carbons (Fsp3) is 0.138. The first-order valence-electron chi connectivity index (χ1n) is 11.1. The summed E-state index contributed by atoms with van der Waals surface area (Å²) in [4.78, 5) is 12.2. The van der Waals surface area contributed by atoms with Crippen LogP contribution in [0.1, 0.15) is 27.0 Å². The molecule has 4 rings (SSSR count). The van der Waals surface area contributed by atoms with Gasteiger partial charge in [-0.25, -0.2) is 4.79 Å². The highest BCUT2D eigenvalue weighted by Crippen LogP contribution is 2.31. The maximum absolute atomic E-state index is 11.0. The zero-order valence-electron chi connectivity index (χ0n) is 19.6. The molecule has 35 heavy (non-hydrogen) atoms. The second kappa shape index (κ2) is 11.4. The summed E-state index contributed by atoms with van der Waals surface area (Å²) in [5.41, 5.74) is 4.41. The second-order valence-electron chi connectivity index (χ2n) is 7.82. The first kappa shape index (κ1) is 24.1. The SMILES string of the molecule is COc1ccc(-c2cccs2)cc1C=CCc1ccc(OCc2ccc(C(=O)O)cc2)c(OC)c1. The van der Waals surface area contributed by atoms with E-state index in [0.29, 0.717) is 18.1 Å². The zero-order chi connectivity index (χ0) is 24.6. The summed E-state index contributed by atoms with van der Waals surface area (Å²) in [5, 5.41) is 11.1. The van der Waals surface area contributed by atoms with Gasteiger partial charge in [0.15, 0.2) is 11.5 Å². The fourth-order valence-corrected chi connectivity index (χ4v) is 4.37. The largest absolute Gasteiger partial charge is 0.496 e. The highest BCUT2D eigenvalue weighted by Gasteiger charge is 2.08. The van der Waals surface area contributed by atoms with E-state index < -0.39 is 5.97 Å². The Hall–Kier alpha value is -4.03. The number of hydrogen-bond acceptors (Lipinski definition) is 5. The molecular formula is C29H26O5S. The quantitative estimate of drug-likeness (QED) is 0.262. The van der Waals surface area contributed by atoms with Crippen molar-refractivity contribution in [1.29, 1.82) is 0 Å². The lowest BCUT2D eigenvalue weighted by Crippen LogP contribution is -2.00. The highest BCUT2D eigenvalue weighted by atomic mass is 32.1. The zero-order valence-corrected chi connectivity index (χ0v) is 20.4. The number of allylic oxidation sites excluding steroid dienone is 1. The summed E-state index contributed by atoms with van der Waals surface area (Å²) in [6, 6.07) is 22.9. The van der Waals surface area contributed by atoms with Gasteiger partial charge in [0.05, 0.1) is 19.8 Å². The van der Waals surface area contributed by atoms with Gasteiger partial charge in [-0.1, -0.05) is 36.4 Å². The Bertz CT molecular complexity index is 1310. The van der Waals surface area contributed by atoms with Crippen LogP contribution in [-0.2, 0) is 13.0 Å². The molecule has 0 aliphatic carbocycles. The predicted octanol–water partition coefficient (Wildman–Crippen LogP) is 6.97. The molecule has 1 heterocycles. The van der Waals surface area contributed by atoms with Crippen LogP contribution in [0.25, 0.3) is 16.5 Å². The third-order valence-corrected chi connectivity index (χ3v) is 6.43. The molecule has 0 atom stereocenters. The summed E-state index contributed by atoms with van der Waals surface area (Å²) in [5.74, 6) is 1.17. The van der Waals surface area contributed by atoms with Crippen molar-refractivity contribution in [2.24, 2.45) is 0 Å². The number of ether oxygens (including phenoxy) is 3. The van der Waals surface area contributed by atoms with Crippen molar-refractivity contribution in [3.63, 3.8) is 0 Å². The van der Waals surface area contributed by atoms with Gasteiger partial charge in [-0.2, -0.15) is 0 Å². The number of aromatic carboxylic acids is 1. The van der Waals surface area contributed by atoms with Crippen molar-refractivity contribution in [2.75, 3.05) is 14.2 Å². The minimum absolute atomic E-state index is 0.250. The van der Waals surface area contributed by atoms with Crippen LogP contribution in [0, 0.1) is 0 Å². The van der Waals surface area contributed by atoms with Gasteiger partial charge in [-0.15, -0.1) is 11.3 Å². The molecule has 0 saturated carbocycles. The molecule has 3 aromatic carbocycles. The van der Waals surface area contributed by atoms with E-state index in [1.807, 2.05) is 24.3 Å². The smallest absolute Gasteiger partial charge is 0.335 e. The van der Waals surface area contributed by atoms with Crippen molar-refractivity contribution >= 4 is 23.4 Å². The van der Waals surface area contributed by atoms with Gasteiger partial charge in [0.1, 0.15) is 12.4 Å². The number of carbonyl (C=O) groups is 1. The lowest BCUT2D eigenvalue weighted by atomic mass is 10.1. The first-order chi connectivity index (χ1) is 17.1. The molecule has 5 nitrogen and oxygen atoms in total. The molecule has 4 aromatic rings. The first-order valence-corrected chi connectivity index (χ1v) is 12.0. The molecule has 1 aromatic heterocycles. The molecule has 0 aliphatic rings. The molecular weight excluding hydrogens is 460 g/mol. The number of rotatable bonds is 10. The molecule has 6 heteroatoms. The minimum Gasteiger partial charge on any atom is -0.496 e. The van der Waals surface area contributed by atoms with Crippen LogP contribution in [0.5, 0.6) is 17.2 Å². The van der Waals surface area contributed by atoms with Gasteiger partial charge in [0.2, 0.25) is 0 Å². The summed E-state index contributed by atoms with van der Waals surface area (Å²) in [6.07, 6.45) is 4.91. The van der Waals surface area contributed by atoms with E-state index in [4.69, 9.17) is 19.3 Å². The normalized spacial score (nSPS) is 10.9. The van der Waals surface area contributed by atoms with Crippen molar-refractivity contribution in [3.05, 3.63) is 107 Å². The molecule has 0 amide bonds. The van der Waals surface area contributed by atoms with Crippen LogP contribution < -0.4 is 14.2 Å². The van der Waals surface area contributed by atoms with Crippen molar-refractivity contribution in [2.45, 2.75) is 13.0 Å². The van der Waals surface area contributed by atoms with Crippen LogP contribution in [0.4, 0.5) is 0 Å². The van der Waals surface area contributed by atoms with E-state index in [1.54, 1.807) is 49.8 Å². The number of carboxylic acids is 1. The van der Waals surface area contributed by atoms with Crippen LogP contribution in [0.3, 0.4) is 0 Å². The maximum Gasteiger partial charge on any atom is 0.335 e. The van der Waals surface area contributed by atoms with Gasteiger partial charge < -0.3 is 19.3 Å². The molecule has 0 bridgehead atoms. The van der Waals surface area contributed by atoms with Crippen LogP contribution in [-0.4, -0.2) is 25.3 Å². The third kappa shape index (κ3) is 6.11. The lowest BCUT2D eigenvalue weighted by Gasteiger charge is -2.12. The second-order valence-corrected chi connectivity index (χ2v) is 8.76. The summed E-state index contributed by atoms with van der Waals surface area (Å²) >= 11 is 1.71. The van der Waals surface area contributed by atoms with Crippen LogP contribution >= 0.6 is 11.3 Å². The molecule has 178 valence electrons. The van der Waals surface area contributed by atoms with Crippen molar-refractivity contribution in [3.8, 4) is 27.7 Å². The Morgan fingerprint density at radius 3 is 2.31 bits per heavy atom. The van der Waals surface area contributed by atoms with Gasteiger partial charge in [-0.05, 0) is 77.0 Å². The van der Waals surface area contributed by atoms with E-state index in [9.17, 15) is 4.79 Å². The molecule has 0 radical (unpaired) electrons.